The average molecular weight is 247 g/mol. The highest BCUT2D eigenvalue weighted by Gasteiger charge is 2.22. The lowest BCUT2D eigenvalue weighted by Gasteiger charge is -2.30. The van der Waals surface area contributed by atoms with Crippen molar-refractivity contribution in [3.05, 3.63) is 0 Å². The molecule has 0 saturated heterocycles. The topological polar surface area (TPSA) is 46.2 Å². The zero-order valence-corrected chi connectivity index (χ0v) is 11.5. The molecule has 1 saturated carbocycles. The van der Waals surface area contributed by atoms with Crippen LogP contribution in [0.4, 0.5) is 0 Å². The summed E-state index contributed by atoms with van der Waals surface area (Å²) in [5.74, 6) is 0.972. The molecule has 1 fully saturated rings. The van der Waals surface area contributed by atoms with Gasteiger partial charge in [0.2, 0.25) is 0 Å². The summed E-state index contributed by atoms with van der Waals surface area (Å²) in [7, 11) is -2.86. The maximum absolute atomic E-state index is 11.2. The predicted octanol–water partition coefficient (Wildman–Crippen LogP) is 1.98. The zero-order valence-electron chi connectivity index (χ0n) is 10.7. The summed E-state index contributed by atoms with van der Waals surface area (Å²) in [4.78, 5) is 0. The average Bonchev–Trinajstić information content (AvgIpc) is 2.16. The Morgan fingerprint density at radius 3 is 2.25 bits per heavy atom. The molecule has 3 nitrogen and oxygen atoms in total. The van der Waals surface area contributed by atoms with Crippen molar-refractivity contribution in [1.82, 2.24) is 5.32 Å². The van der Waals surface area contributed by atoms with Gasteiger partial charge >= 0.3 is 0 Å². The fourth-order valence-corrected chi connectivity index (χ4v) is 3.73. The minimum atomic E-state index is -2.86. The number of hydrogen-bond acceptors (Lipinski definition) is 3. The van der Waals surface area contributed by atoms with Crippen molar-refractivity contribution in [2.75, 3.05) is 12.0 Å². The molecule has 16 heavy (non-hydrogen) atoms. The molecule has 1 aliphatic rings. The number of hydrogen-bond donors (Lipinski definition) is 1. The molecule has 4 heteroatoms. The Labute approximate surface area is 99.9 Å². The van der Waals surface area contributed by atoms with Crippen LogP contribution in [0.5, 0.6) is 0 Å². The summed E-state index contributed by atoms with van der Waals surface area (Å²) in [6, 6.07) is 0.504. The Balaban J connectivity index is 2.34. The van der Waals surface area contributed by atoms with Crippen LogP contribution >= 0.6 is 0 Å². The van der Waals surface area contributed by atoms with Gasteiger partial charge in [0.25, 0.3) is 0 Å². The lowest BCUT2D eigenvalue weighted by atomic mass is 9.84. The van der Waals surface area contributed by atoms with E-state index in [1.54, 1.807) is 0 Å². The molecule has 0 aliphatic heterocycles. The molecule has 0 amide bonds. The van der Waals surface area contributed by atoms with Crippen LogP contribution < -0.4 is 5.32 Å². The lowest BCUT2D eigenvalue weighted by molar-refractivity contribution is 0.271. The van der Waals surface area contributed by atoms with Gasteiger partial charge in [-0.05, 0) is 32.6 Å². The number of sulfone groups is 1. The first-order valence-electron chi connectivity index (χ1n) is 6.32. The van der Waals surface area contributed by atoms with Crippen LogP contribution in [0.25, 0.3) is 0 Å². The van der Waals surface area contributed by atoms with E-state index >= 15 is 0 Å². The molecule has 0 aromatic rings. The Bertz CT molecular complexity index is 294. The van der Waals surface area contributed by atoms with Crippen LogP contribution in [0.2, 0.25) is 0 Å². The van der Waals surface area contributed by atoms with Crippen molar-refractivity contribution in [2.24, 2.45) is 5.92 Å². The third kappa shape index (κ3) is 5.30. The molecule has 2 atom stereocenters. The fraction of sp³-hybridized carbons (Fsp3) is 1.00. The third-order valence-electron chi connectivity index (χ3n) is 3.46. The minimum Gasteiger partial charge on any atom is -0.310 e. The summed E-state index contributed by atoms with van der Waals surface area (Å²) in [6.07, 6.45) is 7.91. The molecule has 96 valence electrons. The van der Waals surface area contributed by atoms with Gasteiger partial charge in [-0.25, -0.2) is 8.42 Å². The Morgan fingerprint density at radius 1 is 1.19 bits per heavy atom. The molecule has 0 bridgehead atoms. The van der Waals surface area contributed by atoms with Crippen molar-refractivity contribution >= 4 is 9.84 Å². The number of rotatable bonds is 5. The maximum Gasteiger partial charge on any atom is 0.148 e. The van der Waals surface area contributed by atoms with Crippen LogP contribution in [0.15, 0.2) is 0 Å². The smallest absolute Gasteiger partial charge is 0.148 e. The van der Waals surface area contributed by atoms with Gasteiger partial charge in [0.15, 0.2) is 0 Å². The first-order valence-corrected chi connectivity index (χ1v) is 8.38. The minimum absolute atomic E-state index is 0.0620. The molecule has 0 radical (unpaired) electrons. The second kappa shape index (κ2) is 6.01. The van der Waals surface area contributed by atoms with E-state index in [2.05, 4.69) is 12.2 Å². The van der Waals surface area contributed by atoms with E-state index in [1.807, 2.05) is 6.92 Å². The molecule has 1 unspecified atom stereocenters. The van der Waals surface area contributed by atoms with E-state index in [1.165, 1.54) is 38.4 Å². The van der Waals surface area contributed by atoms with Crippen molar-refractivity contribution in [3.63, 3.8) is 0 Å². The monoisotopic (exact) mass is 247 g/mol. The molecule has 0 heterocycles. The van der Waals surface area contributed by atoms with Gasteiger partial charge in [0, 0.05) is 18.3 Å². The van der Waals surface area contributed by atoms with E-state index in [4.69, 9.17) is 0 Å². The summed E-state index contributed by atoms with van der Waals surface area (Å²) < 4.78 is 22.3. The summed E-state index contributed by atoms with van der Waals surface area (Å²) in [6.45, 7) is 4.15. The van der Waals surface area contributed by atoms with Crippen LogP contribution in [0.3, 0.4) is 0 Å². The highest BCUT2D eigenvalue weighted by Crippen LogP contribution is 2.26. The SMILES string of the molecule is CC(CS(C)(=O)=O)N[C@H](C)C1CCCCC1. The molecule has 1 aliphatic carbocycles. The zero-order chi connectivity index (χ0) is 12.2. The van der Waals surface area contributed by atoms with Crippen LogP contribution in [0.1, 0.15) is 46.0 Å². The van der Waals surface area contributed by atoms with Gasteiger partial charge in [-0.2, -0.15) is 0 Å². The maximum atomic E-state index is 11.2. The van der Waals surface area contributed by atoms with E-state index in [-0.39, 0.29) is 11.8 Å². The number of nitrogens with one attached hydrogen (secondary N) is 1. The van der Waals surface area contributed by atoms with E-state index in [9.17, 15) is 8.42 Å². The molecule has 0 aromatic heterocycles. The van der Waals surface area contributed by atoms with Crippen LogP contribution in [-0.4, -0.2) is 32.5 Å². The molecule has 1 N–H and O–H groups in total. The largest absolute Gasteiger partial charge is 0.310 e. The van der Waals surface area contributed by atoms with Crippen molar-refractivity contribution < 1.29 is 8.42 Å². The highest BCUT2D eigenvalue weighted by atomic mass is 32.2. The molecule has 1 rings (SSSR count). The van der Waals surface area contributed by atoms with Crippen molar-refractivity contribution in [3.8, 4) is 0 Å². The third-order valence-corrected chi connectivity index (χ3v) is 4.56. The van der Waals surface area contributed by atoms with Gasteiger partial charge < -0.3 is 5.32 Å². The van der Waals surface area contributed by atoms with Gasteiger partial charge in [0.05, 0.1) is 5.75 Å². The van der Waals surface area contributed by atoms with E-state index in [0.29, 0.717) is 6.04 Å². The first kappa shape index (κ1) is 14.0. The normalized spacial score (nSPS) is 22.9. The molecular formula is C12H25NO2S. The van der Waals surface area contributed by atoms with E-state index in [0.717, 1.165) is 5.92 Å². The summed E-state index contributed by atoms with van der Waals surface area (Å²) in [5.41, 5.74) is 0. The van der Waals surface area contributed by atoms with Gasteiger partial charge in [0.1, 0.15) is 9.84 Å². The van der Waals surface area contributed by atoms with Crippen LogP contribution in [0, 0.1) is 5.92 Å². The van der Waals surface area contributed by atoms with Crippen molar-refractivity contribution in [2.45, 2.75) is 58.0 Å². The predicted molar refractivity (Wildman–Crippen MR) is 68.3 cm³/mol. The fourth-order valence-electron chi connectivity index (χ4n) is 2.72. The Hall–Kier alpha value is -0.0900. The van der Waals surface area contributed by atoms with Crippen LogP contribution in [-0.2, 0) is 9.84 Å². The van der Waals surface area contributed by atoms with E-state index < -0.39 is 9.84 Å². The second-order valence-electron chi connectivity index (χ2n) is 5.35. The van der Waals surface area contributed by atoms with Gasteiger partial charge in [-0.15, -0.1) is 0 Å². The lowest BCUT2D eigenvalue weighted by Crippen LogP contribution is -2.43. The summed E-state index contributed by atoms with van der Waals surface area (Å²) >= 11 is 0. The molecule has 0 aromatic carbocycles. The Kier molecular flexibility index (Phi) is 5.25. The highest BCUT2D eigenvalue weighted by molar-refractivity contribution is 7.90. The Morgan fingerprint density at radius 2 is 1.75 bits per heavy atom. The van der Waals surface area contributed by atoms with Gasteiger partial charge in [-0.3, -0.25) is 0 Å². The van der Waals surface area contributed by atoms with Gasteiger partial charge in [-0.1, -0.05) is 19.3 Å². The first-order chi connectivity index (χ1) is 7.38. The molecule has 0 spiro atoms. The standard InChI is InChI=1S/C12H25NO2S/c1-10(9-16(3,14)15)13-11(2)12-7-5-4-6-8-12/h10-13H,4-9H2,1-3H3/t10?,11-/m1/s1. The molecular weight excluding hydrogens is 222 g/mol. The second-order valence-corrected chi connectivity index (χ2v) is 7.53. The van der Waals surface area contributed by atoms with Crippen molar-refractivity contribution in [1.29, 1.82) is 0 Å². The summed E-state index contributed by atoms with van der Waals surface area (Å²) in [5, 5.41) is 3.43. The quantitative estimate of drug-likeness (QED) is 0.808.